The molecule has 0 atom stereocenters. The van der Waals surface area contributed by atoms with E-state index < -0.39 is 0 Å². The number of carbonyl (C=O) groups is 1. The first-order chi connectivity index (χ1) is 15.0. The number of hydrogen-bond donors (Lipinski definition) is 1. The highest BCUT2D eigenvalue weighted by molar-refractivity contribution is 9.10. The van der Waals surface area contributed by atoms with Crippen molar-refractivity contribution in [2.45, 2.75) is 6.54 Å². The largest absolute Gasteiger partial charge is 0.325 e. The van der Waals surface area contributed by atoms with Gasteiger partial charge in [0.2, 0.25) is 11.7 Å². The van der Waals surface area contributed by atoms with Crippen LogP contribution in [0, 0.1) is 0 Å². The molecule has 10 nitrogen and oxygen atoms in total. The highest BCUT2D eigenvalue weighted by Crippen LogP contribution is 2.21. The van der Waals surface area contributed by atoms with Crippen LogP contribution in [0.3, 0.4) is 0 Å². The van der Waals surface area contributed by atoms with Crippen molar-refractivity contribution in [1.29, 1.82) is 0 Å². The van der Waals surface area contributed by atoms with Gasteiger partial charge in [-0.2, -0.15) is 5.10 Å². The van der Waals surface area contributed by atoms with Crippen molar-refractivity contribution in [2.24, 2.45) is 7.05 Å². The number of amides is 1. The average Bonchev–Trinajstić information content (AvgIpc) is 3.31. The first-order valence-corrected chi connectivity index (χ1v) is 10.1. The molecule has 5 aromatic rings. The monoisotopic (exact) mass is 478 g/mol. The van der Waals surface area contributed by atoms with Gasteiger partial charge in [-0.25, -0.2) is 19.6 Å². The number of aryl methyl sites for hydroxylation is 1. The van der Waals surface area contributed by atoms with Crippen LogP contribution in [0.15, 0.2) is 64.6 Å². The number of hydrogen-bond acceptors (Lipinski definition) is 6. The van der Waals surface area contributed by atoms with Gasteiger partial charge in [-0.1, -0.05) is 12.1 Å². The topological polar surface area (TPSA) is 112 Å². The van der Waals surface area contributed by atoms with E-state index in [4.69, 9.17) is 0 Å². The van der Waals surface area contributed by atoms with Gasteiger partial charge in [-0.3, -0.25) is 18.6 Å². The third-order valence-corrected chi connectivity index (χ3v) is 5.34. The summed E-state index contributed by atoms with van der Waals surface area (Å²) in [5, 5.41) is 7.26. The summed E-state index contributed by atoms with van der Waals surface area (Å²) in [6, 6.07) is 9.13. The Morgan fingerprint density at radius 1 is 1.19 bits per heavy atom. The lowest BCUT2D eigenvalue weighted by Crippen LogP contribution is -2.28. The van der Waals surface area contributed by atoms with Crippen LogP contribution in [0.1, 0.15) is 0 Å². The molecule has 0 saturated carbocycles. The molecular weight excluding hydrogens is 464 g/mol. The SMILES string of the molecule is Cn1nc(Br)c2c(=O)n(CC(=O)Nc3ccc(-c4cn5cccnc5n4)cc3)cnc21. The number of aromatic nitrogens is 7. The van der Waals surface area contributed by atoms with Gasteiger partial charge in [-0.05, 0) is 34.1 Å². The van der Waals surface area contributed by atoms with Gasteiger partial charge in [0.05, 0.1) is 5.69 Å². The molecule has 0 unspecified atom stereocenters. The maximum atomic E-state index is 12.7. The third kappa shape index (κ3) is 3.48. The van der Waals surface area contributed by atoms with Crippen molar-refractivity contribution in [3.8, 4) is 11.3 Å². The van der Waals surface area contributed by atoms with Crippen molar-refractivity contribution in [3.63, 3.8) is 0 Å². The Kier molecular flexibility index (Phi) is 4.59. The van der Waals surface area contributed by atoms with E-state index >= 15 is 0 Å². The van der Waals surface area contributed by atoms with E-state index in [-0.39, 0.29) is 18.0 Å². The second-order valence-corrected chi connectivity index (χ2v) is 7.62. The van der Waals surface area contributed by atoms with Crippen LogP contribution in [-0.2, 0) is 18.4 Å². The minimum absolute atomic E-state index is 0.164. The zero-order chi connectivity index (χ0) is 21.5. The van der Waals surface area contributed by atoms with E-state index in [2.05, 4.69) is 41.3 Å². The summed E-state index contributed by atoms with van der Waals surface area (Å²) in [6.07, 6.45) is 6.81. The number of halogens is 1. The minimum atomic E-state index is -0.340. The molecule has 1 aromatic carbocycles. The zero-order valence-electron chi connectivity index (χ0n) is 16.2. The van der Waals surface area contributed by atoms with Crippen molar-refractivity contribution in [1.82, 2.24) is 33.7 Å². The molecule has 0 radical (unpaired) electrons. The molecule has 154 valence electrons. The van der Waals surface area contributed by atoms with Crippen molar-refractivity contribution in [2.75, 3.05) is 5.32 Å². The van der Waals surface area contributed by atoms with Crippen LogP contribution in [0.25, 0.3) is 28.1 Å². The molecule has 0 saturated heterocycles. The van der Waals surface area contributed by atoms with E-state index in [9.17, 15) is 9.59 Å². The first kappa shape index (κ1) is 19.1. The first-order valence-electron chi connectivity index (χ1n) is 9.27. The van der Waals surface area contributed by atoms with E-state index in [0.717, 1.165) is 11.3 Å². The van der Waals surface area contributed by atoms with Gasteiger partial charge in [0, 0.05) is 36.9 Å². The Morgan fingerprint density at radius 2 is 2.00 bits per heavy atom. The molecule has 0 fully saturated rings. The van der Waals surface area contributed by atoms with E-state index in [1.165, 1.54) is 15.6 Å². The number of rotatable bonds is 4. The van der Waals surface area contributed by atoms with Crippen LogP contribution in [0.5, 0.6) is 0 Å². The quantitative estimate of drug-likeness (QED) is 0.423. The number of nitrogens with one attached hydrogen (secondary N) is 1. The summed E-state index contributed by atoms with van der Waals surface area (Å²) < 4.78 is 5.00. The number of anilines is 1. The van der Waals surface area contributed by atoms with Gasteiger partial charge in [0.1, 0.15) is 22.9 Å². The van der Waals surface area contributed by atoms with Gasteiger partial charge in [0.25, 0.3) is 5.56 Å². The molecule has 0 aliphatic heterocycles. The van der Waals surface area contributed by atoms with Crippen molar-refractivity contribution >= 4 is 44.3 Å². The summed E-state index contributed by atoms with van der Waals surface area (Å²) >= 11 is 3.26. The highest BCUT2D eigenvalue weighted by Gasteiger charge is 2.15. The Bertz CT molecular complexity index is 1470. The Labute approximate surface area is 183 Å². The number of fused-ring (bicyclic) bond motifs is 2. The predicted octanol–water partition coefficient (Wildman–Crippen LogP) is 2.24. The molecule has 0 aliphatic carbocycles. The molecule has 0 bridgehead atoms. The molecule has 31 heavy (non-hydrogen) atoms. The van der Waals surface area contributed by atoms with Crippen molar-refractivity contribution < 1.29 is 4.79 Å². The van der Waals surface area contributed by atoms with E-state index in [1.807, 2.05) is 35.0 Å². The minimum Gasteiger partial charge on any atom is -0.325 e. The molecule has 5 rings (SSSR count). The lowest BCUT2D eigenvalue weighted by Gasteiger charge is -2.08. The van der Waals surface area contributed by atoms with Gasteiger partial charge in [0.15, 0.2) is 5.65 Å². The van der Waals surface area contributed by atoms with E-state index in [1.54, 1.807) is 25.4 Å². The summed E-state index contributed by atoms with van der Waals surface area (Å²) in [5.74, 6) is 0.277. The van der Waals surface area contributed by atoms with Crippen molar-refractivity contribution in [3.05, 3.63) is 70.2 Å². The third-order valence-electron chi connectivity index (χ3n) is 4.78. The number of imidazole rings is 1. The smallest absolute Gasteiger partial charge is 0.266 e. The average molecular weight is 479 g/mol. The number of benzene rings is 1. The maximum absolute atomic E-state index is 12.7. The maximum Gasteiger partial charge on any atom is 0.266 e. The van der Waals surface area contributed by atoms with Crippen LogP contribution in [0.2, 0.25) is 0 Å². The lowest BCUT2D eigenvalue weighted by molar-refractivity contribution is -0.116. The molecular formula is C20H15BrN8O2. The summed E-state index contributed by atoms with van der Waals surface area (Å²) in [4.78, 5) is 38.1. The molecule has 0 spiro atoms. The summed E-state index contributed by atoms with van der Waals surface area (Å²) in [6.45, 7) is -0.164. The Hall–Kier alpha value is -3.86. The Morgan fingerprint density at radius 3 is 2.77 bits per heavy atom. The number of nitrogens with zero attached hydrogens (tertiary/aromatic N) is 7. The second kappa shape index (κ2) is 7.43. The normalized spacial score (nSPS) is 11.3. The standard InChI is InChI=1S/C20H15BrN8O2/c1-27-18-16(17(21)26-27)19(31)29(11-23-18)10-15(30)24-13-5-3-12(4-6-13)14-9-28-8-2-7-22-20(28)25-14/h2-9,11H,10H2,1H3,(H,24,30). The molecule has 4 aromatic heterocycles. The lowest BCUT2D eigenvalue weighted by atomic mass is 10.1. The molecule has 1 N–H and O–H groups in total. The Balaban J connectivity index is 1.33. The van der Waals surface area contributed by atoms with Gasteiger partial charge < -0.3 is 5.32 Å². The summed E-state index contributed by atoms with van der Waals surface area (Å²) in [5.41, 5.74) is 2.41. The second-order valence-electron chi connectivity index (χ2n) is 6.87. The molecule has 1 amide bonds. The van der Waals surface area contributed by atoms with Crippen LogP contribution in [-0.4, -0.2) is 39.6 Å². The summed E-state index contributed by atoms with van der Waals surface area (Å²) in [7, 11) is 1.70. The van der Waals surface area contributed by atoms with Gasteiger partial charge >= 0.3 is 0 Å². The molecule has 11 heteroatoms. The molecule has 0 aliphatic rings. The zero-order valence-corrected chi connectivity index (χ0v) is 17.8. The van der Waals surface area contributed by atoms with Crippen LogP contribution >= 0.6 is 15.9 Å². The fourth-order valence-electron chi connectivity index (χ4n) is 3.30. The van der Waals surface area contributed by atoms with E-state index in [0.29, 0.717) is 27.1 Å². The van der Waals surface area contributed by atoms with Gasteiger partial charge in [-0.15, -0.1) is 0 Å². The number of carbonyl (C=O) groups excluding carboxylic acids is 1. The predicted molar refractivity (Wildman–Crippen MR) is 118 cm³/mol. The highest BCUT2D eigenvalue weighted by atomic mass is 79.9. The van der Waals surface area contributed by atoms with Crippen LogP contribution < -0.4 is 10.9 Å². The van der Waals surface area contributed by atoms with Crippen LogP contribution in [0.4, 0.5) is 5.69 Å². The fraction of sp³-hybridized carbons (Fsp3) is 0.100. The molecule has 4 heterocycles. The fourth-order valence-corrected chi connectivity index (χ4v) is 3.88.